The molecule has 5 nitrogen and oxygen atoms in total. The van der Waals surface area contributed by atoms with Crippen molar-refractivity contribution >= 4 is 5.91 Å². The molecule has 0 spiro atoms. The molecule has 2 aliphatic carbocycles. The number of rotatable bonds is 11. The summed E-state index contributed by atoms with van der Waals surface area (Å²) in [6, 6.07) is 0. The minimum absolute atomic E-state index is 0.198. The van der Waals surface area contributed by atoms with Gasteiger partial charge in [0.05, 0.1) is 24.9 Å². The van der Waals surface area contributed by atoms with E-state index >= 15 is 0 Å². The predicted octanol–water partition coefficient (Wildman–Crippen LogP) is 4.24. The molecule has 31 heavy (non-hydrogen) atoms. The van der Waals surface area contributed by atoms with E-state index in [-0.39, 0.29) is 17.9 Å². The minimum Gasteiger partial charge on any atom is -0.392 e. The van der Waals surface area contributed by atoms with Crippen LogP contribution in [0.4, 0.5) is 0 Å². The van der Waals surface area contributed by atoms with E-state index < -0.39 is 5.60 Å². The number of morpholine rings is 1. The Hall–Kier alpha value is -1.17. The SMILES string of the molecule is CCCC[C@@](C)(O)C/C=C/[C@@H]1[C@H]2CC(CCCCC(=O)N3CCOCC3)=C[C@H]2C[C@H]1O. The van der Waals surface area contributed by atoms with Crippen LogP contribution in [0.25, 0.3) is 0 Å². The van der Waals surface area contributed by atoms with E-state index in [9.17, 15) is 15.0 Å². The summed E-state index contributed by atoms with van der Waals surface area (Å²) < 4.78 is 5.32. The van der Waals surface area contributed by atoms with Gasteiger partial charge in [-0.15, -0.1) is 0 Å². The Morgan fingerprint density at radius 3 is 2.81 bits per heavy atom. The molecule has 1 heterocycles. The lowest BCUT2D eigenvalue weighted by atomic mass is 9.87. The molecule has 0 radical (unpaired) electrons. The van der Waals surface area contributed by atoms with Crippen molar-refractivity contribution in [3.63, 3.8) is 0 Å². The molecular weight excluding hydrogens is 390 g/mol. The smallest absolute Gasteiger partial charge is 0.222 e. The summed E-state index contributed by atoms with van der Waals surface area (Å²) in [5.41, 5.74) is 0.863. The molecule has 3 aliphatic rings. The molecule has 0 aromatic rings. The molecule has 1 aliphatic heterocycles. The van der Waals surface area contributed by atoms with Gasteiger partial charge >= 0.3 is 0 Å². The van der Waals surface area contributed by atoms with Crippen LogP contribution in [-0.4, -0.2) is 59.0 Å². The van der Waals surface area contributed by atoms with Crippen LogP contribution in [0.3, 0.4) is 0 Å². The first-order valence-corrected chi connectivity index (χ1v) is 12.5. The lowest BCUT2D eigenvalue weighted by molar-refractivity contribution is -0.135. The maximum absolute atomic E-state index is 12.3. The topological polar surface area (TPSA) is 70.0 Å². The van der Waals surface area contributed by atoms with E-state index in [1.165, 1.54) is 5.57 Å². The third kappa shape index (κ3) is 7.16. The number of allylic oxidation sites excluding steroid dienone is 2. The highest BCUT2D eigenvalue weighted by molar-refractivity contribution is 5.76. The van der Waals surface area contributed by atoms with E-state index in [2.05, 4.69) is 25.2 Å². The first-order valence-electron chi connectivity index (χ1n) is 12.5. The van der Waals surface area contributed by atoms with E-state index in [1.807, 2.05) is 11.8 Å². The Morgan fingerprint density at radius 2 is 2.06 bits per heavy atom. The van der Waals surface area contributed by atoms with Crippen LogP contribution in [0.15, 0.2) is 23.8 Å². The highest BCUT2D eigenvalue weighted by atomic mass is 16.5. The Bertz CT molecular complexity index is 635. The maximum Gasteiger partial charge on any atom is 0.222 e. The van der Waals surface area contributed by atoms with Crippen LogP contribution < -0.4 is 0 Å². The Kier molecular flexibility index (Phi) is 9.18. The molecule has 0 unspecified atom stereocenters. The second-order valence-corrected chi connectivity index (χ2v) is 10.2. The molecule has 176 valence electrons. The monoisotopic (exact) mass is 433 g/mol. The maximum atomic E-state index is 12.3. The van der Waals surface area contributed by atoms with Crippen molar-refractivity contribution in [2.75, 3.05) is 26.3 Å². The number of aliphatic hydroxyl groups excluding tert-OH is 1. The summed E-state index contributed by atoms with van der Waals surface area (Å²) in [6.07, 6.45) is 15.7. The fourth-order valence-corrected chi connectivity index (χ4v) is 5.53. The summed E-state index contributed by atoms with van der Waals surface area (Å²) >= 11 is 0. The van der Waals surface area contributed by atoms with Crippen LogP contribution in [0.1, 0.15) is 78.1 Å². The number of hydrogen-bond donors (Lipinski definition) is 2. The van der Waals surface area contributed by atoms with Gasteiger partial charge in [-0.2, -0.15) is 0 Å². The molecule has 1 saturated heterocycles. The van der Waals surface area contributed by atoms with Gasteiger partial charge in [0.15, 0.2) is 0 Å². The second kappa shape index (κ2) is 11.6. The number of amides is 1. The van der Waals surface area contributed by atoms with Crippen LogP contribution in [-0.2, 0) is 9.53 Å². The zero-order valence-corrected chi connectivity index (χ0v) is 19.6. The lowest BCUT2D eigenvalue weighted by Crippen LogP contribution is -2.40. The molecule has 2 N–H and O–H groups in total. The number of ether oxygens (including phenoxy) is 1. The van der Waals surface area contributed by atoms with Crippen molar-refractivity contribution < 1.29 is 19.7 Å². The Labute approximate surface area is 188 Å². The molecule has 2 fully saturated rings. The molecule has 0 bridgehead atoms. The molecule has 5 atom stereocenters. The molecule has 0 aromatic carbocycles. The number of unbranched alkanes of at least 4 members (excludes halogenated alkanes) is 2. The average molecular weight is 434 g/mol. The van der Waals surface area contributed by atoms with Crippen molar-refractivity contribution in [3.05, 3.63) is 23.8 Å². The third-order valence-corrected chi connectivity index (χ3v) is 7.44. The molecule has 3 rings (SSSR count). The summed E-state index contributed by atoms with van der Waals surface area (Å²) in [7, 11) is 0. The quantitative estimate of drug-likeness (QED) is 0.378. The molecular formula is C26H43NO4. The van der Waals surface area contributed by atoms with Gasteiger partial charge in [0.1, 0.15) is 0 Å². The molecule has 0 aromatic heterocycles. The zero-order chi connectivity index (χ0) is 22.3. The standard InChI is InChI=1S/C26H43NO4/c1-3-4-11-26(2,30)12-7-9-22-23-18-20(17-21(23)19-24(22)28)8-5-6-10-25(29)27-13-15-31-16-14-27/h7,9,17,21-24,28,30H,3-6,8,10-16,18-19H2,1-2H3/b9-7+/t21-,22+,23-,24+,26+/m0/s1. The van der Waals surface area contributed by atoms with Gasteiger partial charge in [-0.3, -0.25) is 4.79 Å². The number of nitrogens with zero attached hydrogens (tertiary/aromatic N) is 1. The Balaban J connectivity index is 1.39. The number of aliphatic hydroxyl groups is 2. The lowest BCUT2D eigenvalue weighted by Gasteiger charge is -2.26. The van der Waals surface area contributed by atoms with Crippen LogP contribution in [0.2, 0.25) is 0 Å². The molecule has 1 saturated carbocycles. The average Bonchev–Trinajstić information content (AvgIpc) is 3.27. The highest BCUT2D eigenvalue weighted by Gasteiger charge is 2.43. The summed E-state index contributed by atoms with van der Waals surface area (Å²) in [6.45, 7) is 6.86. The minimum atomic E-state index is -0.646. The van der Waals surface area contributed by atoms with Gasteiger partial charge in [-0.05, 0) is 63.7 Å². The predicted molar refractivity (Wildman–Crippen MR) is 124 cm³/mol. The number of carbonyl (C=O) groups excluding carboxylic acids is 1. The van der Waals surface area contributed by atoms with Crippen molar-refractivity contribution in [3.8, 4) is 0 Å². The summed E-state index contributed by atoms with van der Waals surface area (Å²) in [5.74, 6) is 1.44. The third-order valence-electron chi connectivity index (χ3n) is 7.44. The summed E-state index contributed by atoms with van der Waals surface area (Å²) in [5, 5.41) is 21.1. The summed E-state index contributed by atoms with van der Waals surface area (Å²) in [4.78, 5) is 14.2. The second-order valence-electron chi connectivity index (χ2n) is 10.2. The van der Waals surface area contributed by atoms with E-state index in [0.717, 1.165) is 64.5 Å². The van der Waals surface area contributed by atoms with Crippen LogP contribution in [0, 0.1) is 17.8 Å². The van der Waals surface area contributed by atoms with Gasteiger partial charge < -0.3 is 19.8 Å². The molecule has 1 amide bonds. The van der Waals surface area contributed by atoms with Crippen LogP contribution in [0.5, 0.6) is 0 Å². The zero-order valence-electron chi connectivity index (χ0n) is 19.6. The fraction of sp³-hybridized carbons (Fsp3) is 0.808. The van der Waals surface area contributed by atoms with E-state index in [4.69, 9.17) is 4.74 Å². The van der Waals surface area contributed by atoms with Crippen molar-refractivity contribution in [1.82, 2.24) is 4.90 Å². The Morgan fingerprint density at radius 1 is 1.29 bits per heavy atom. The van der Waals surface area contributed by atoms with Gasteiger partial charge in [-0.25, -0.2) is 0 Å². The fourth-order valence-electron chi connectivity index (χ4n) is 5.53. The van der Waals surface area contributed by atoms with Gasteiger partial charge in [0, 0.05) is 25.4 Å². The van der Waals surface area contributed by atoms with Gasteiger partial charge in [-0.1, -0.05) is 43.6 Å². The number of fused-ring (bicyclic) bond motifs is 1. The van der Waals surface area contributed by atoms with Crippen LogP contribution >= 0.6 is 0 Å². The van der Waals surface area contributed by atoms with Crippen molar-refractivity contribution in [1.29, 1.82) is 0 Å². The highest BCUT2D eigenvalue weighted by Crippen LogP contribution is 2.48. The largest absolute Gasteiger partial charge is 0.392 e. The van der Waals surface area contributed by atoms with E-state index in [0.29, 0.717) is 37.9 Å². The first-order chi connectivity index (χ1) is 14.9. The first kappa shape index (κ1) is 24.5. The normalized spacial score (nSPS) is 30.5. The van der Waals surface area contributed by atoms with Gasteiger partial charge in [0.25, 0.3) is 0 Å². The van der Waals surface area contributed by atoms with E-state index in [1.54, 1.807) is 0 Å². The van der Waals surface area contributed by atoms with Crippen molar-refractivity contribution in [2.24, 2.45) is 17.8 Å². The molecule has 5 heteroatoms. The number of carbonyl (C=O) groups is 1. The van der Waals surface area contributed by atoms with Gasteiger partial charge in [0.2, 0.25) is 5.91 Å². The number of hydrogen-bond acceptors (Lipinski definition) is 4. The van der Waals surface area contributed by atoms with Crippen molar-refractivity contribution in [2.45, 2.75) is 89.8 Å².